The third-order valence-corrected chi connectivity index (χ3v) is 4.09. The quantitative estimate of drug-likeness (QED) is 0.483. The molecular weight excluding hydrogens is 175 g/mol. The van der Waals surface area contributed by atoms with Gasteiger partial charge < -0.3 is 4.74 Å². The van der Waals surface area contributed by atoms with E-state index >= 15 is 0 Å². The lowest BCUT2D eigenvalue weighted by Gasteiger charge is -2.08. The lowest BCUT2D eigenvalue weighted by atomic mass is 10.5. The van der Waals surface area contributed by atoms with E-state index in [1.165, 1.54) is 0 Å². The van der Waals surface area contributed by atoms with Crippen molar-refractivity contribution in [2.24, 2.45) is 0 Å². The lowest BCUT2D eigenvalue weighted by molar-refractivity contribution is 0.148. The topological polar surface area (TPSA) is 9.23 Å². The Kier molecular flexibility index (Phi) is 6.00. The van der Waals surface area contributed by atoms with Crippen LogP contribution in [-0.2, 0) is 4.74 Å². The molecule has 0 fully saturated rings. The van der Waals surface area contributed by atoms with Gasteiger partial charge in [0.2, 0.25) is 0 Å². The monoisotopic (exact) mass is 185 g/mol. The van der Waals surface area contributed by atoms with Gasteiger partial charge in [-0.3, -0.25) is 0 Å². The molecule has 0 aliphatic carbocycles. The molecule has 0 spiro atoms. The number of ether oxygens (including phenoxy) is 1. The van der Waals surface area contributed by atoms with Crippen molar-refractivity contribution in [1.29, 1.82) is 0 Å². The summed E-state index contributed by atoms with van der Waals surface area (Å²) in [6.45, 7) is 5.40. The molecule has 0 heterocycles. The molecule has 1 atom stereocenters. The molecule has 0 saturated heterocycles. The van der Waals surface area contributed by atoms with Gasteiger partial charge in [0.1, 0.15) is 0 Å². The van der Waals surface area contributed by atoms with Crippen molar-refractivity contribution < 1.29 is 4.74 Å². The SMILES string of the molecule is CCOCC(C)[Si](Cl)Cl. The highest BCUT2D eigenvalue weighted by molar-refractivity contribution is 7.34. The molecule has 0 N–H and O–H groups in total. The fourth-order valence-corrected chi connectivity index (χ4v) is 0.979. The zero-order valence-electron chi connectivity index (χ0n) is 5.66. The summed E-state index contributed by atoms with van der Waals surface area (Å²) in [6, 6.07) is 0. The molecule has 0 amide bonds. The Hall–Kier alpha value is 0.757. The first-order valence-corrected chi connectivity index (χ1v) is 6.54. The Morgan fingerprint density at radius 3 is 2.44 bits per heavy atom. The standard InChI is InChI=1S/C5H11Cl2OSi/c1-3-8-4-5(2)9(6)7/h5H,3-4H2,1-2H3. The summed E-state index contributed by atoms with van der Waals surface area (Å²) in [7, 11) is -1.17. The first-order valence-electron chi connectivity index (χ1n) is 2.94. The zero-order chi connectivity index (χ0) is 7.28. The van der Waals surface area contributed by atoms with Crippen LogP contribution in [0.1, 0.15) is 13.8 Å². The third kappa shape index (κ3) is 5.21. The maximum atomic E-state index is 5.65. The van der Waals surface area contributed by atoms with Crippen LogP contribution in [0.25, 0.3) is 0 Å². The fraction of sp³-hybridized carbons (Fsp3) is 1.00. The van der Waals surface area contributed by atoms with Gasteiger partial charge in [0, 0.05) is 18.8 Å². The molecule has 0 aliphatic heterocycles. The fourth-order valence-electron chi connectivity index (χ4n) is 0.358. The van der Waals surface area contributed by atoms with Crippen molar-refractivity contribution >= 4 is 29.6 Å². The minimum Gasteiger partial charge on any atom is -0.382 e. The van der Waals surface area contributed by atoms with Crippen LogP contribution >= 0.6 is 22.2 Å². The Bertz CT molecular complexity index is 70.0. The predicted molar refractivity (Wildman–Crippen MR) is 43.4 cm³/mol. The molecule has 0 aromatic heterocycles. The van der Waals surface area contributed by atoms with E-state index in [-0.39, 0.29) is 0 Å². The Morgan fingerprint density at radius 1 is 1.56 bits per heavy atom. The summed E-state index contributed by atoms with van der Waals surface area (Å²) < 4.78 is 5.11. The van der Waals surface area contributed by atoms with E-state index in [1.807, 2.05) is 13.8 Å². The highest BCUT2D eigenvalue weighted by Crippen LogP contribution is 2.15. The van der Waals surface area contributed by atoms with Gasteiger partial charge in [-0.1, -0.05) is 6.92 Å². The number of rotatable bonds is 4. The van der Waals surface area contributed by atoms with Crippen LogP contribution in [0.3, 0.4) is 0 Å². The highest BCUT2D eigenvalue weighted by atomic mass is 35.7. The summed E-state index contributed by atoms with van der Waals surface area (Å²) in [5, 5.41) is 0. The van der Waals surface area contributed by atoms with E-state index in [4.69, 9.17) is 26.9 Å². The summed E-state index contributed by atoms with van der Waals surface area (Å²) in [4.78, 5) is 0. The van der Waals surface area contributed by atoms with Gasteiger partial charge in [-0.2, -0.15) is 0 Å². The number of hydrogen-bond donors (Lipinski definition) is 0. The van der Waals surface area contributed by atoms with E-state index in [0.717, 1.165) is 6.61 Å². The van der Waals surface area contributed by atoms with Crippen LogP contribution in [0.4, 0.5) is 0 Å². The number of halogens is 2. The molecule has 1 radical (unpaired) electrons. The third-order valence-electron chi connectivity index (χ3n) is 0.944. The largest absolute Gasteiger partial charge is 0.382 e. The van der Waals surface area contributed by atoms with E-state index in [0.29, 0.717) is 12.1 Å². The zero-order valence-corrected chi connectivity index (χ0v) is 8.17. The summed E-state index contributed by atoms with van der Waals surface area (Å²) in [5.74, 6) is 0. The summed E-state index contributed by atoms with van der Waals surface area (Å²) in [5.41, 5.74) is 0.332. The molecule has 9 heavy (non-hydrogen) atoms. The highest BCUT2D eigenvalue weighted by Gasteiger charge is 2.13. The van der Waals surface area contributed by atoms with Crippen molar-refractivity contribution in [2.75, 3.05) is 13.2 Å². The van der Waals surface area contributed by atoms with Crippen LogP contribution < -0.4 is 0 Å². The molecule has 0 aromatic rings. The molecule has 1 unspecified atom stereocenters. The van der Waals surface area contributed by atoms with E-state index < -0.39 is 7.42 Å². The van der Waals surface area contributed by atoms with E-state index in [9.17, 15) is 0 Å². The van der Waals surface area contributed by atoms with Crippen molar-refractivity contribution in [3.05, 3.63) is 0 Å². The van der Waals surface area contributed by atoms with Crippen molar-refractivity contribution in [1.82, 2.24) is 0 Å². The van der Waals surface area contributed by atoms with Crippen molar-refractivity contribution in [3.8, 4) is 0 Å². The van der Waals surface area contributed by atoms with E-state index in [2.05, 4.69) is 0 Å². The Labute approximate surface area is 67.3 Å². The molecular formula is C5H11Cl2OSi. The van der Waals surface area contributed by atoms with Gasteiger partial charge in [-0.15, -0.1) is 22.2 Å². The average molecular weight is 186 g/mol. The molecule has 55 valence electrons. The molecule has 0 aliphatic rings. The van der Waals surface area contributed by atoms with Gasteiger partial charge in [0.25, 0.3) is 7.42 Å². The second-order valence-electron chi connectivity index (χ2n) is 1.85. The summed E-state index contributed by atoms with van der Waals surface area (Å²) >= 11 is 11.3. The second kappa shape index (κ2) is 5.53. The van der Waals surface area contributed by atoms with Gasteiger partial charge >= 0.3 is 0 Å². The minimum absolute atomic E-state index is 0.332. The maximum absolute atomic E-state index is 5.65. The lowest BCUT2D eigenvalue weighted by Crippen LogP contribution is -2.10. The molecule has 4 heteroatoms. The van der Waals surface area contributed by atoms with Crippen LogP contribution in [0, 0.1) is 0 Å². The number of hydrogen-bond acceptors (Lipinski definition) is 1. The maximum Gasteiger partial charge on any atom is 0.279 e. The van der Waals surface area contributed by atoms with E-state index in [1.54, 1.807) is 0 Å². The average Bonchev–Trinajstić information content (AvgIpc) is 1.82. The molecule has 0 aromatic carbocycles. The molecule has 0 saturated carbocycles. The summed E-state index contributed by atoms with van der Waals surface area (Å²) in [6.07, 6.45) is 0. The first kappa shape index (κ1) is 9.76. The normalized spacial score (nSPS) is 14.3. The Morgan fingerprint density at radius 2 is 2.11 bits per heavy atom. The predicted octanol–water partition coefficient (Wildman–Crippen LogP) is 2.38. The van der Waals surface area contributed by atoms with Crippen LogP contribution in [0.2, 0.25) is 5.54 Å². The van der Waals surface area contributed by atoms with Crippen LogP contribution in [0.5, 0.6) is 0 Å². The Balaban J connectivity index is 3.16. The second-order valence-corrected chi connectivity index (χ2v) is 6.44. The smallest absolute Gasteiger partial charge is 0.279 e. The van der Waals surface area contributed by atoms with Gasteiger partial charge in [0.05, 0.1) is 0 Å². The first-order chi connectivity index (χ1) is 4.18. The molecule has 1 nitrogen and oxygen atoms in total. The van der Waals surface area contributed by atoms with Gasteiger partial charge in [-0.25, -0.2) is 0 Å². The molecule has 0 bridgehead atoms. The van der Waals surface area contributed by atoms with Gasteiger partial charge in [0.15, 0.2) is 0 Å². The molecule has 0 rings (SSSR count). The van der Waals surface area contributed by atoms with Gasteiger partial charge in [-0.05, 0) is 6.92 Å². The van der Waals surface area contributed by atoms with Crippen LogP contribution in [0.15, 0.2) is 0 Å². The van der Waals surface area contributed by atoms with Crippen molar-refractivity contribution in [3.63, 3.8) is 0 Å². The van der Waals surface area contributed by atoms with Crippen LogP contribution in [-0.4, -0.2) is 20.6 Å². The van der Waals surface area contributed by atoms with Crippen molar-refractivity contribution in [2.45, 2.75) is 19.4 Å². The minimum atomic E-state index is -1.17.